The normalized spacial score (nSPS) is 13.2. The third-order valence-corrected chi connectivity index (χ3v) is 6.55. The molecule has 1 aliphatic heterocycles. The quantitative estimate of drug-likeness (QED) is 0.390. The van der Waals surface area contributed by atoms with E-state index >= 15 is 0 Å². The number of fused-ring (bicyclic) bond motifs is 1. The third-order valence-electron chi connectivity index (χ3n) is 6.23. The first-order chi connectivity index (χ1) is 15.5. The lowest BCUT2D eigenvalue weighted by Gasteiger charge is -2.29. The molecule has 0 bridgehead atoms. The molecular formula is C27H24ClN3O. The topological polar surface area (TPSA) is 38.1 Å². The molecule has 1 amide bonds. The fraction of sp³-hybridized carbons (Fsp3) is 0.185. The second-order valence-corrected chi connectivity index (χ2v) is 8.73. The van der Waals surface area contributed by atoms with Crippen molar-refractivity contribution in [1.82, 2.24) is 14.7 Å². The highest BCUT2D eigenvalue weighted by Crippen LogP contribution is 2.28. The van der Waals surface area contributed by atoms with E-state index in [2.05, 4.69) is 44.2 Å². The van der Waals surface area contributed by atoms with Crippen LogP contribution in [-0.4, -0.2) is 27.1 Å². The zero-order valence-electron chi connectivity index (χ0n) is 18.2. The highest BCUT2D eigenvalue weighted by Gasteiger charge is 2.26. The first kappa shape index (κ1) is 20.5. The maximum Gasteiger partial charge on any atom is 0.272 e. The van der Waals surface area contributed by atoms with Crippen LogP contribution in [0.3, 0.4) is 0 Å². The molecule has 0 aliphatic carbocycles. The summed E-state index contributed by atoms with van der Waals surface area (Å²) in [6.45, 7) is 5.45. The van der Waals surface area contributed by atoms with Gasteiger partial charge in [-0.15, -0.1) is 0 Å². The van der Waals surface area contributed by atoms with Gasteiger partial charge in [0.25, 0.3) is 5.91 Å². The van der Waals surface area contributed by atoms with Crippen molar-refractivity contribution in [3.05, 3.63) is 106 Å². The van der Waals surface area contributed by atoms with Crippen LogP contribution < -0.4 is 0 Å². The van der Waals surface area contributed by atoms with Crippen molar-refractivity contribution in [2.45, 2.75) is 26.8 Å². The van der Waals surface area contributed by atoms with Crippen molar-refractivity contribution < 1.29 is 4.79 Å². The van der Waals surface area contributed by atoms with Gasteiger partial charge in [-0.1, -0.05) is 60.1 Å². The fourth-order valence-corrected chi connectivity index (χ4v) is 4.43. The smallest absolute Gasteiger partial charge is 0.272 e. The van der Waals surface area contributed by atoms with E-state index in [-0.39, 0.29) is 5.91 Å². The minimum absolute atomic E-state index is 0.0398. The first-order valence-electron chi connectivity index (χ1n) is 10.8. The second kappa shape index (κ2) is 8.29. The molecule has 5 heteroatoms. The van der Waals surface area contributed by atoms with Crippen LogP contribution >= 0.6 is 11.6 Å². The van der Waals surface area contributed by atoms with Gasteiger partial charge in [0.1, 0.15) is 5.69 Å². The van der Waals surface area contributed by atoms with Crippen LogP contribution in [0, 0.1) is 13.8 Å². The van der Waals surface area contributed by atoms with Crippen molar-refractivity contribution >= 4 is 17.5 Å². The average Bonchev–Trinajstić information content (AvgIpc) is 3.25. The lowest BCUT2D eigenvalue weighted by atomic mass is 9.99. The van der Waals surface area contributed by atoms with Gasteiger partial charge < -0.3 is 4.90 Å². The molecule has 1 aromatic heterocycles. The van der Waals surface area contributed by atoms with Crippen LogP contribution in [0.15, 0.2) is 72.8 Å². The standard InChI is InChI=1S/C27H24ClN3O/c1-18-11-12-21(15-19(18)2)24-16-26(31(29-24)25-10-6-5-9-23(25)28)27(32)30-14-13-20-7-3-4-8-22(20)17-30/h3-12,15-16H,13-14,17H2,1-2H3. The predicted molar refractivity (Wildman–Crippen MR) is 128 cm³/mol. The van der Waals surface area contributed by atoms with E-state index in [1.54, 1.807) is 4.68 Å². The molecule has 0 saturated carbocycles. The van der Waals surface area contributed by atoms with Crippen molar-refractivity contribution in [3.8, 4) is 16.9 Å². The van der Waals surface area contributed by atoms with Gasteiger partial charge >= 0.3 is 0 Å². The summed E-state index contributed by atoms with van der Waals surface area (Å²) in [5, 5.41) is 5.38. The molecule has 0 atom stereocenters. The van der Waals surface area contributed by atoms with Crippen molar-refractivity contribution in [1.29, 1.82) is 0 Å². The van der Waals surface area contributed by atoms with Gasteiger partial charge in [-0.3, -0.25) is 4.79 Å². The molecule has 5 rings (SSSR count). The monoisotopic (exact) mass is 441 g/mol. The highest BCUT2D eigenvalue weighted by atomic mass is 35.5. The van der Waals surface area contributed by atoms with Crippen LogP contribution in [-0.2, 0) is 13.0 Å². The molecule has 32 heavy (non-hydrogen) atoms. The Kier molecular flexibility index (Phi) is 5.32. The Hall–Kier alpha value is -3.37. The summed E-state index contributed by atoms with van der Waals surface area (Å²) in [6.07, 6.45) is 0.853. The van der Waals surface area contributed by atoms with Gasteiger partial charge in [0, 0.05) is 18.7 Å². The third kappa shape index (κ3) is 3.71. The average molecular weight is 442 g/mol. The number of rotatable bonds is 3. The van der Waals surface area contributed by atoms with E-state index < -0.39 is 0 Å². The molecule has 0 spiro atoms. The van der Waals surface area contributed by atoms with Gasteiger partial charge in [0.15, 0.2) is 0 Å². The first-order valence-corrected chi connectivity index (χ1v) is 11.2. The minimum Gasteiger partial charge on any atom is -0.333 e. The number of amides is 1. The highest BCUT2D eigenvalue weighted by molar-refractivity contribution is 6.32. The number of aryl methyl sites for hydroxylation is 2. The molecule has 0 saturated heterocycles. The van der Waals surface area contributed by atoms with Crippen LogP contribution in [0.5, 0.6) is 0 Å². The van der Waals surface area contributed by atoms with Crippen LogP contribution in [0.4, 0.5) is 0 Å². The summed E-state index contributed by atoms with van der Waals surface area (Å²) in [5.74, 6) is -0.0398. The van der Waals surface area contributed by atoms with E-state index in [0.29, 0.717) is 29.5 Å². The molecule has 0 N–H and O–H groups in total. The Morgan fingerprint density at radius 3 is 2.44 bits per heavy atom. The molecule has 0 radical (unpaired) electrons. The minimum atomic E-state index is -0.0398. The molecule has 0 unspecified atom stereocenters. The molecule has 4 nitrogen and oxygen atoms in total. The van der Waals surface area contributed by atoms with Crippen LogP contribution in [0.25, 0.3) is 16.9 Å². The van der Waals surface area contributed by atoms with E-state index in [0.717, 1.165) is 17.7 Å². The van der Waals surface area contributed by atoms with E-state index in [9.17, 15) is 4.79 Å². The van der Waals surface area contributed by atoms with E-state index in [1.807, 2.05) is 47.4 Å². The number of benzene rings is 3. The number of hydrogen-bond acceptors (Lipinski definition) is 2. The van der Waals surface area contributed by atoms with Gasteiger partial charge in [-0.05, 0) is 66.8 Å². The van der Waals surface area contributed by atoms with E-state index in [1.165, 1.54) is 22.3 Å². The Balaban J connectivity index is 1.59. The predicted octanol–water partition coefficient (Wildman–Crippen LogP) is 6.01. The van der Waals surface area contributed by atoms with Crippen molar-refractivity contribution in [2.75, 3.05) is 6.54 Å². The molecule has 3 aromatic carbocycles. The summed E-state index contributed by atoms with van der Waals surface area (Å²) < 4.78 is 1.69. The largest absolute Gasteiger partial charge is 0.333 e. The number of carbonyl (C=O) groups excluding carboxylic acids is 1. The summed E-state index contributed by atoms with van der Waals surface area (Å²) in [6, 6.07) is 23.9. The summed E-state index contributed by atoms with van der Waals surface area (Å²) in [4.78, 5) is 15.6. The molecular weight excluding hydrogens is 418 g/mol. The maximum absolute atomic E-state index is 13.7. The number of para-hydroxylation sites is 1. The summed E-state index contributed by atoms with van der Waals surface area (Å²) >= 11 is 6.50. The molecule has 1 aliphatic rings. The molecule has 2 heterocycles. The number of carbonyl (C=O) groups is 1. The zero-order chi connectivity index (χ0) is 22.2. The number of halogens is 1. The molecule has 160 valence electrons. The zero-order valence-corrected chi connectivity index (χ0v) is 18.9. The molecule has 4 aromatic rings. The lowest BCUT2D eigenvalue weighted by molar-refractivity contribution is 0.0725. The number of nitrogens with zero attached hydrogens (tertiary/aromatic N) is 3. The van der Waals surface area contributed by atoms with E-state index in [4.69, 9.17) is 16.7 Å². The lowest BCUT2D eigenvalue weighted by Crippen LogP contribution is -2.37. The van der Waals surface area contributed by atoms with Crippen LogP contribution in [0.1, 0.15) is 32.7 Å². The second-order valence-electron chi connectivity index (χ2n) is 8.32. The van der Waals surface area contributed by atoms with Gasteiger partial charge in [-0.25, -0.2) is 4.68 Å². The Morgan fingerprint density at radius 2 is 1.66 bits per heavy atom. The van der Waals surface area contributed by atoms with Crippen LogP contribution in [0.2, 0.25) is 5.02 Å². The van der Waals surface area contributed by atoms with Crippen molar-refractivity contribution in [2.24, 2.45) is 0 Å². The molecule has 0 fully saturated rings. The number of aromatic nitrogens is 2. The summed E-state index contributed by atoms with van der Waals surface area (Å²) in [5.41, 5.74) is 7.89. The van der Waals surface area contributed by atoms with Crippen molar-refractivity contribution in [3.63, 3.8) is 0 Å². The van der Waals surface area contributed by atoms with Gasteiger partial charge in [0.05, 0.1) is 16.4 Å². The maximum atomic E-state index is 13.7. The Bertz CT molecular complexity index is 1320. The Labute approximate surface area is 193 Å². The number of hydrogen-bond donors (Lipinski definition) is 0. The Morgan fingerprint density at radius 1 is 0.906 bits per heavy atom. The summed E-state index contributed by atoms with van der Waals surface area (Å²) in [7, 11) is 0. The SMILES string of the molecule is Cc1ccc(-c2cc(C(=O)N3CCc4ccccc4C3)n(-c3ccccc3Cl)n2)cc1C. The fourth-order valence-electron chi connectivity index (χ4n) is 4.21. The van der Waals surface area contributed by atoms with Gasteiger partial charge in [-0.2, -0.15) is 5.10 Å². The van der Waals surface area contributed by atoms with Gasteiger partial charge in [0.2, 0.25) is 0 Å².